The van der Waals surface area contributed by atoms with Crippen LogP contribution in [0.1, 0.15) is 36.0 Å². The van der Waals surface area contributed by atoms with Gasteiger partial charge in [-0.25, -0.2) is 0 Å². The van der Waals surface area contributed by atoms with E-state index in [9.17, 15) is 14.7 Å². The third kappa shape index (κ3) is 3.81. The minimum Gasteiger partial charge on any atom is -0.483 e. The first-order valence-corrected chi connectivity index (χ1v) is 9.75. The van der Waals surface area contributed by atoms with Gasteiger partial charge in [0.1, 0.15) is 5.75 Å². The van der Waals surface area contributed by atoms with Crippen LogP contribution in [0.15, 0.2) is 12.1 Å². The van der Waals surface area contributed by atoms with E-state index in [0.29, 0.717) is 32.6 Å². The summed E-state index contributed by atoms with van der Waals surface area (Å²) < 4.78 is 5.87. The zero-order valence-corrected chi connectivity index (χ0v) is 16.6. The fourth-order valence-corrected chi connectivity index (χ4v) is 4.32. The third-order valence-corrected chi connectivity index (χ3v) is 6.11. The van der Waals surface area contributed by atoms with Crippen LogP contribution in [0.5, 0.6) is 5.75 Å². The number of carbonyl (C=O) groups is 2. The molecule has 2 fully saturated rings. The molecule has 1 aromatic rings. The Morgan fingerprint density at radius 3 is 2.67 bits per heavy atom. The van der Waals surface area contributed by atoms with Gasteiger partial charge in [0, 0.05) is 26.2 Å². The lowest BCUT2D eigenvalue weighted by molar-refractivity contribution is -0.146. The molecule has 3 rings (SSSR count). The summed E-state index contributed by atoms with van der Waals surface area (Å²) >= 11 is 0. The maximum Gasteiger partial charge on any atom is 0.260 e. The number of benzene rings is 1. The highest BCUT2D eigenvalue weighted by atomic mass is 16.5. The highest BCUT2D eigenvalue weighted by Gasteiger charge is 2.49. The number of ether oxygens (including phenoxy) is 1. The molecule has 148 valence electrons. The predicted octanol–water partition coefficient (Wildman–Crippen LogP) is 1.82. The van der Waals surface area contributed by atoms with Gasteiger partial charge in [-0.1, -0.05) is 12.1 Å². The van der Waals surface area contributed by atoms with E-state index >= 15 is 0 Å². The van der Waals surface area contributed by atoms with Gasteiger partial charge in [-0.3, -0.25) is 9.59 Å². The molecule has 6 heteroatoms. The SMILES string of the molecule is Cc1ccc(C)c(OCC(=O)N2CC[C@@]3(CCCN(CCO)C3=O)C2)c1C. The molecule has 0 bridgehead atoms. The van der Waals surface area contributed by atoms with Gasteiger partial charge in [0.05, 0.1) is 12.0 Å². The Balaban J connectivity index is 1.63. The van der Waals surface area contributed by atoms with E-state index in [1.807, 2.05) is 26.8 Å². The van der Waals surface area contributed by atoms with E-state index in [-0.39, 0.29) is 25.0 Å². The lowest BCUT2D eigenvalue weighted by Crippen LogP contribution is -2.51. The Bertz CT molecular complexity index is 731. The molecule has 2 amide bonds. The van der Waals surface area contributed by atoms with Gasteiger partial charge < -0.3 is 19.6 Å². The molecule has 0 saturated carbocycles. The minimum atomic E-state index is -0.474. The standard InChI is InChI=1S/C21H30N2O4/c1-15-5-6-16(2)19(17(15)3)27-13-18(25)23-10-8-21(14-23)7-4-9-22(11-12-24)20(21)26/h5-6,24H,4,7-14H2,1-3H3/t21-/m0/s1. The molecule has 2 aliphatic rings. The lowest BCUT2D eigenvalue weighted by atomic mass is 9.78. The van der Waals surface area contributed by atoms with Crippen LogP contribution in [0.2, 0.25) is 0 Å². The number of likely N-dealkylation sites (tertiary alicyclic amines) is 2. The number of carbonyl (C=O) groups excluding carboxylic acids is 2. The van der Waals surface area contributed by atoms with Gasteiger partial charge in [-0.2, -0.15) is 0 Å². The van der Waals surface area contributed by atoms with Crippen LogP contribution in [-0.4, -0.2) is 66.1 Å². The first-order valence-electron chi connectivity index (χ1n) is 9.75. The van der Waals surface area contributed by atoms with E-state index in [0.717, 1.165) is 35.3 Å². The molecule has 2 heterocycles. The number of amides is 2. The second kappa shape index (κ2) is 7.89. The Labute approximate surface area is 161 Å². The molecule has 0 radical (unpaired) electrons. The van der Waals surface area contributed by atoms with Crippen molar-refractivity contribution < 1.29 is 19.4 Å². The van der Waals surface area contributed by atoms with Gasteiger partial charge in [0.25, 0.3) is 5.91 Å². The van der Waals surface area contributed by atoms with E-state index in [4.69, 9.17) is 4.74 Å². The summed E-state index contributed by atoms with van der Waals surface area (Å²) in [4.78, 5) is 29.1. The average Bonchev–Trinajstić information content (AvgIpc) is 3.07. The fourth-order valence-electron chi connectivity index (χ4n) is 4.32. The fraction of sp³-hybridized carbons (Fsp3) is 0.619. The zero-order valence-electron chi connectivity index (χ0n) is 16.6. The predicted molar refractivity (Wildman–Crippen MR) is 103 cm³/mol. The molecule has 27 heavy (non-hydrogen) atoms. The molecule has 0 aromatic heterocycles. The molecule has 1 spiro atoms. The molecule has 1 aromatic carbocycles. The van der Waals surface area contributed by atoms with Crippen molar-refractivity contribution in [3.63, 3.8) is 0 Å². The van der Waals surface area contributed by atoms with Crippen molar-refractivity contribution in [2.75, 3.05) is 39.4 Å². The lowest BCUT2D eigenvalue weighted by Gasteiger charge is -2.39. The number of aryl methyl sites for hydroxylation is 2. The second-order valence-electron chi connectivity index (χ2n) is 7.91. The topological polar surface area (TPSA) is 70.1 Å². The van der Waals surface area contributed by atoms with Gasteiger partial charge in [-0.15, -0.1) is 0 Å². The summed E-state index contributed by atoms with van der Waals surface area (Å²) in [5.41, 5.74) is 2.74. The molecule has 2 saturated heterocycles. The number of aliphatic hydroxyl groups is 1. The van der Waals surface area contributed by atoms with Crippen molar-refractivity contribution in [3.8, 4) is 5.75 Å². The number of hydrogen-bond donors (Lipinski definition) is 1. The molecule has 2 aliphatic heterocycles. The summed E-state index contributed by atoms with van der Waals surface area (Å²) in [6.07, 6.45) is 2.43. The number of rotatable bonds is 5. The summed E-state index contributed by atoms with van der Waals surface area (Å²) in [5, 5.41) is 9.18. The maximum atomic E-state index is 12.9. The Kier molecular flexibility index (Phi) is 5.75. The van der Waals surface area contributed by atoms with E-state index in [2.05, 4.69) is 6.07 Å². The van der Waals surface area contributed by atoms with Crippen molar-refractivity contribution in [3.05, 3.63) is 28.8 Å². The first kappa shape index (κ1) is 19.7. The number of piperidine rings is 1. The average molecular weight is 374 g/mol. The Morgan fingerprint density at radius 2 is 1.93 bits per heavy atom. The second-order valence-corrected chi connectivity index (χ2v) is 7.91. The molecule has 1 atom stereocenters. The van der Waals surface area contributed by atoms with Crippen molar-refractivity contribution in [2.24, 2.45) is 5.41 Å². The Morgan fingerprint density at radius 1 is 1.19 bits per heavy atom. The summed E-state index contributed by atoms with van der Waals surface area (Å²) in [5.74, 6) is 0.795. The van der Waals surface area contributed by atoms with Crippen LogP contribution in [-0.2, 0) is 9.59 Å². The van der Waals surface area contributed by atoms with Crippen molar-refractivity contribution in [1.82, 2.24) is 9.80 Å². The van der Waals surface area contributed by atoms with E-state index in [1.165, 1.54) is 0 Å². The number of aliphatic hydroxyl groups excluding tert-OH is 1. The van der Waals surface area contributed by atoms with Crippen LogP contribution in [0.3, 0.4) is 0 Å². The van der Waals surface area contributed by atoms with Gasteiger partial charge >= 0.3 is 0 Å². The van der Waals surface area contributed by atoms with Crippen LogP contribution in [0.4, 0.5) is 0 Å². The van der Waals surface area contributed by atoms with Gasteiger partial charge in [0.2, 0.25) is 5.91 Å². The highest BCUT2D eigenvalue weighted by molar-refractivity contribution is 5.86. The highest BCUT2D eigenvalue weighted by Crippen LogP contribution is 2.40. The maximum absolute atomic E-state index is 12.9. The zero-order chi connectivity index (χ0) is 19.6. The van der Waals surface area contributed by atoms with Gasteiger partial charge in [-0.05, 0) is 56.7 Å². The normalized spacial score (nSPS) is 22.6. The van der Waals surface area contributed by atoms with Crippen LogP contribution < -0.4 is 4.74 Å². The largest absolute Gasteiger partial charge is 0.483 e. The molecular weight excluding hydrogens is 344 g/mol. The first-order chi connectivity index (χ1) is 12.9. The number of hydrogen-bond acceptors (Lipinski definition) is 4. The third-order valence-electron chi connectivity index (χ3n) is 6.11. The van der Waals surface area contributed by atoms with Crippen molar-refractivity contribution in [2.45, 2.75) is 40.0 Å². The molecule has 6 nitrogen and oxygen atoms in total. The summed E-state index contributed by atoms with van der Waals surface area (Å²) in [6.45, 7) is 8.11. The van der Waals surface area contributed by atoms with Crippen molar-refractivity contribution >= 4 is 11.8 Å². The summed E-state index contributed by atoms with van der Waals surface area (Å²) in [7, 11) is 0. The van der Waals surface area contributed by atoms with Crippen molar-refractivity contribution in [1.29, 1.82) is 0 Å². The van der Waals surface area contributed by atoms with Crippen LogP contribution in [0, 0.1) is 26.2 Å². The Hall–Kier alpha value is -2.08. The number of nitrogens with zero attached hydrogens (tertiary/aromatic N) is 2. The van der Waals surface area contributed by atoms with E-state index < -0.39 is 5.41 Å². The van der Waals surface area contributed by atoms with Gasteiger partial charge in [0.15, 0.2) is 6.61 Å². The van der Waals surface area contributed by atoms with Crippen LogP contribution >= 0.6 is 0 Å². The molecule has 1 N–H and O–H groups in total. The summed E-state index contributed by atoms with van der Waals surface area (Å²) in [6, 6.07) is 4.06. The van der Waals surface area contributed by atoms with E-state index in [1.54, 1.807) is 9.80 Å². The van der Waals surface area contributed by atoms with Crippen LogP contribution in [0.25, 0.3) is 0 Å². The molecule has 0 aliphatic carbocycles. The molecule has 0 unspecified atom stereocenters. The smallest absolute Gasteiger partial charge is 0.260 e. The monoisotopic (exact) mass is 374 g/mol. The number of β-amino-alcohol motifs (C(OH)–C–C–N with tert-alkyl or cyclic N) is 1. The quantitative estimate of drug-likeness (QED) is 0.854. The molecular formula is C21H30N2O4. The minimum absolute atomic E-state index is 0.00421.